The highest BCUT2D eigenvalue weighted by atomic mass is 14.9. The predicted molar refractivity (Wildman–Crippen MR) is 80.4 cm³/mol. The molecule has 100 valence electrons. The zero-order valence-electron chi connectivity index (χ0n) is 11.6. The number of fused-ring (bicyclic) bond motifs is 1. The van der Waals surface area contributed by atoms with Crippen molar-refractivity contribution in [2.45, 2.75) is 44.1 Å². The molecule has 2 unspecified atom stereocenters. The lowest BCUT2D eigenvalue weighted by Gasteiger charge is -2.26. The summed E-state index contributed by atoms with van der Waals surface area (Å²) >= 11 is 0. The standard InChI is InChI=1S/C17H22N2/c1-18-17-9-4-2-3-7-15(17)14-8-5-6-13-10-11-19-12-16(13)14/h5-6,8,10-12,15,17-18H,2-4,7,9H2,1H3. The summed E-state index contributed by atoms with van der Waals surface area (Å²) in [5.74, 6) is 0.625. The van der Waals surface area contributed by atoms with Crippen LogP contribution in [-0.2, 0) is 0 Å². The molecule has 1 aliphatic carbocycles. The minimum atomic E-state index is 0.605. The summed E-state index contributed by atoms with van der Waals surface area (Å²) in [5, 5.41) is 6.18. The highest BCUT2D eigenvalue weighted by Gasteiger charge is 2.25. The van der Waals surface area contributed by atoms with Gasteiger partial charge in [0.15, 0.2) is 0 Å². The van der Waals surface area contributed by atoms with Crippen LogP contribution in [0.1, 0.15) is 43.6 Å². The molecule has 1 fully saturated rings. The number of hydrogen-bond donors (Lipinski definition) is 1. The number of nitrogens with one attached hydrogen (secondary N) is 1. The quantitative estimate of drug-likeness (QED) is 0.823. The summed E-state index contributed by atoms with van der Waals surface area (Å²) in [4.78, 5) is 4.32. The first-order chi connectivity index (χ1) is 9.40. The molecule has 2 nitrogen and oxygen atoms in total. The average Bonchev–Trinajstić information content (AvgIpc) is 2.71. The Morgan fingerprint density at radius 3 is 2.89 bits per heavy atom. The second-order valence-electron chi connectivity index (χ2n) is 5.58. The van der Waals surface area contributed by atoms with Crippen LogP contribution >= 0.6 is 0 Å². The Hall–Kier alpha value is -1.41. The minimum absolute atomic E-state index is 0.605. The average molecular weight is 254 g/mol. The van der Waals surface area contributed by atoms with Crippen LogP contribution in [0, 0.1) is 0 Å². The lowest BCUT2D eigenvalue weighted by Crippen LogP contribution is -2.31. The summed E-state index contributed by atoms with van der Waals surface area (Å²) in [7, 11) is 2.10. The fourth-order valence-electron chi connectivity index (χ4n) is 3.49. The molecule has 0 saturated heterocycles. The van der Waals surface area contributed by atoms with Crippen molar-refractivity contribution in [2.75, 3.05) is 7.05 Å². The number of benzene rings is 1. The van der Waals surface area contributed by atoms with E-state index in [0.717, 1.165) is 0 Å². The summed E-state index contributed by atoms with van der Waals surface area (Å²) in [6.07, 6.45) is 10.6. The third-order valence-corrected chi connectivity index (χ3v) is 4.50. The van der Waals surface area contributed by atoms with Gasteiger partial charge in [-0.1, -0.05) is 37.5 Å². The number of nitrogens with zero attached hydrogens (tertiary/aromatic N) is 1. The van der Waals surface area contributed by atoms with Gasteiger partial charge in [-0.25, -0.2) is 0 Å². The van der Waals surface area contributed by atoms with E-state index < -0.39 is 0 Å². The topological polar surface area (TPSA) is 24.9 Å². The molecule has 1 aromatic heterocycles. The third-order valence-electron chi connectivity index (χ3n) is 4.50. The second kappa shape index (κ2) is 5.70. The van der Waals surface area contributed by atoms with Gasteiger partial charge in [-0.3, -0.25) is 4.98 Å². The van der Waals surface area contributed by atoms with Crippen molar-refractivity contribution in [2.24, 2.45) is 0 Å². The van der Waals surface area contributed by atoms with Gasteiger partial charge in [-0.05, 0) is 42.8 Å². The van der Waals surface area contributed by atoms with Crippen LogP contribution in [0.25, 0.3) is 10.8 Å². The van der Waals surface area contributed by atoms with Gasteiger partial charge in [0, 0.05) is 23.8 Å². The van der Waals surface area contributed by atoms with Gasteiger partial charge in [0.25, 0.3) is 0 Å². The molecule has 1 N–H and O–H groups in total. The second-order valence-corrected chi connectivity index (χ2v) is 5.58. The molecule has 0 aliphatic heterocycles. The number of aromatic nitrogens is 1. The summed E-state index contributed by atoms with van der Waals surface area (Å²) < 4.78 is 0. The van der Waals surface area contributed by atoms with Gasteiger partial charge in [0.05, 0.1) is 0 Å². The van der Waals surface area contributed by atoms with Gasteiger partial charge < -0.3 is 5.32 Å². The third kappa shape index (κ3) is 2.50. The van der Waals surface area contributed by atoms with E-state index in [4.69, 9.17) is 0 Å². The maximum atomic E-state index is 4.32. The molecule has 0 spiro atoms. The lowest BCUT2D eigenvalue weighted by molar-refractivity contribution is 0.441. The Kier molecular flexibility index (Phi) is 3.79. The van der Waals surface area contributed by atoms with E-state index in [9.17, 15) is 0 Å². The van der Waals surface area contributed by atoms with Crippen molar-refractivity contribution in [1.29, 1.82) is 0 Å². The van der Waals surface area contributed by atoms with E-state index in [0.29, 0.717) is 12.0 Å². The van der Waals surface area contributed by atoms with Crippen molar-refractivity contribution < 1.29 is 0 Å². The van der Waals surface area contributed by atoms with Crippen molar-refractivity contribution in [3.8, 4) is 0 Å². The molecule has 0 radical (unpaired) electrons. The first-order valence-corrected chi connectivity index (χ1v) is 7.40. The SMILES string of the molecule is CNC1CCCCCC1c1cccc2ccncc12. The number of pyridine rings is 1. The van der Waals surface area contributed by atoms with Crippen LogP contribution in [0.3, 0.4) is 0 Å². The number of rotatable bonds is 2. The molecule has 3 rings (SSSR count). The Labute approximate surface area is 115 Å². The van der Waals surface area contributed by atoms with Crippen LogP contribution < -0.4 is 5.32 Å². The fraction of sp³-hybridized carbons (Fsp3) is 0.471. The maximum absolute atomic E-state index is 4.32. The van der Waals surface area contributed by atoms with Crippen LogP contribution in [0.15, 0.2) is 36.7 Å². The largest absolute Gasteiger partial charge is 0.316 e. The smallest absolute Gasteiger partial charge is 0.0349 e. The molecule has 1 saturated carbocycles. The van der Waals surface area contributed by atoms with E-state index >= 15 is 0 Å². The monoisotopic (exact) mass is 254 g/mol. The number of likely N-dealkylation sites (N-methyl/N-ethyl adjacent to an activating group) is 1. The minimum Gasteiger partial charge on any atom is -0.316 e. The Bertz CT molecular complexity index is 544. The summed E-state index contributed by atoms with van der Waals surface area (Å²) in [6.45, 7) is 0. The van der Waals surface area contributed by atoms with Gasteiger partial charge in [0.2, 0.25) is 0 Å². The lowest BCUT2D eigenvalue weighted by atomic mass is 9.85. The van der Waals surface area contributed by atoms with Gasteiger partial charge in [-0.15, -0.1) is 0 Å². The maximum Gasteiger partial charge on any atom is 0.0349 e. The molecular weight excluding hydrogens is 232 g/mol. The van der Waals surface area contributed by atoms with Crippen LogP contribution in [0.5, 0.6) is 0 Å². The molecule has 2 aromatic rings. The van der Waals surface area contributed by atoms with E-state index in [-0.39, 0.29) is 0 Å². The first-order valence-electron chi connectivity index (χ1n) is 7.40. The normalized spacial score (nSPS) is 24.3. The molecule has 0 bridgehead atoms. The van der Waals surface area contributed by atoms with E-state index in [1.165, 1.54) is 48.4 Å². The first kappa shape index (κ1) is 12.6. The van der Waals surface area contributed by atoms with Crippen molar-refractivity contribution in [3.63, 3.8) is 0 Å². The van der Waals surface area contributed by atoms with Crippen LogP contribution in [0.2, 0.25) is 0 Å². The Balaban J connectivity index is 2.06. The highest BCUT2D eigenvalue weighted by molar-refractivity contribution is 5.85. The highest BCUT2D eigenvalue weighted by Crippen LogP contribution is 2.35. The van der Waals surface area contributed by atoms with Crippen molar-refractivity contribution in [3.05, 3.63) is 42.2 Å². The van der Waals surface area contributed by atoms with Crippen LogP contribution in [0.4, 0.5) is 0 Å². The molecule has 1 aromatic carbocycles. The fourth-order valence-corrected chi connectivity index (χ4v) is 3.49. The van der Waals surface area contributed by atoms with E-state index in [1.54, 1.807) is 0 Å². The molecular formula is C17H22N2. The molecule has 0 amide bonds. The van der Waals surface area contributed by atoms with Gasteiger partial charge in [0.1, 0.15) is 0 Å². The molecule has 19 heavy (non-hydrogen) atoms. The Morgan fingerprint density at radius 1 is 1.11 bits per heavy atom. The zero-order valence-corrected chi connectivity index (χ0v) is 11.6. The number of hydrogen-bond acceptors (Lipinski definition) is 2. The Morgan fingerprint density at radius 2 is 2.00 bits per heavy atom. The summed E-state index contributed by atoms with van der Waals surface area (Å²) in [5.41, 5.74) is 1.48. The van der Waals surface area contributed by atoms with Gasteiger partial charge in [-0.2, -0.15) is 0 Å². The molecule has 2 heteroatoms. The molecule has 1 heterocycles. The molecule has 2 atom stereocenters. The summed E-state index contributed by atoms with van der Waals surface area (Å²) in [6, 6.07) is 9.39. The predicted octanol–water partition coefficient (Wildman–Crippen LogP) is 3.87. The van der Waals surface area contributed by atoms with E-state index in [2.05, 4.69) is 41.6 Å². The van der Waals surface area contributed by atoms with Crippen LogP contribution in [-0.4, -0.2) is 18.1 Å². The van der Waals surface area contributed by atoms with Crippen molar-refractivity contribution >= 4 is 10.8 Å². The molecule has 1 aliphatic rings. The van der Waals surface area contributed by atoms with E-state index in [1.807, 2.05) is 12.4 Å². The van der Waals surface area contributed by atoms with Crippen molar-refractivity contribution in [1.82, 2.24) is 10.3 Å². The van der Waals surface area contributed by atoms with Gasteiger partial charge >= 0.3 is 0 Å². The zero-order chi connectivity index (χ0) is 13.1.